The standard InChI is InChI=1S/C24H27F4NO.CH2O3/c1-14(2)18-7-9-19(10-8-18)22(15(3)24(26,27)28)23(30)29-21-13-17(6-11-20(21)25)12-16-4-5-16;2-1(3)4/h6-11,13-16,22H,4-5,12H2,1-3H3,(H,29,30);(H2,2,3,4)/t15-,22+;/m1./s1. The quantitative estimate of drug-likeness (QED) is 0.369. The van der Waals surface area contributed by atoms with Crippen LogP contribution >= 0.6 is 0 Å². The second-order valence-electron chi connectivity index (χ2n) is 8.86. The van der Waals surface area contributed by atoms with Gasteiger partial charge in [-0.05, 0) is 59.9 Å². The van der Waals surface area contributed by atoms with E-state index >= 15 is 0 Å². The number of nitrogens with one attached hydrogen (secondary N) is 1. The van der Waals surface area contributed by atoms with Gasteiger partial charge in [-0.2, -0.15) is 13.2 Å². The Morgan fingerprint density at radius 1 is 1.00 bits per heavy atom. The number of amides is 1. The van der Waals surface area contributed by atoms with Crippen LogP contribution in [0.5, 0.6) is 0 Å². The van der Waals surface area contributed by atoms with E-state index < -0.39 is 35.9 Å². The molecule has 0 aromatic heterocycles. The number of hydrogen-bond acceptors (Lipinski definition) is 2. The largest absolute Gasteiger partial charge is 0.503 e. The van der Waals surface area contributed by atoms with Crippen LogP contribution in [0.15, 0.2) is 42.5 Å². The van der Waals surface area contributed by atoms with Crippen LogP contribution in [-0.4, -0.2) is 28.5 Å². The first-order valence-electron chi connectivity index (χ1n) is 11.0. The molecular weight excluding hydrogens is 454 g/mol. The highest BCUT2D eigenvalue weighted by Crippen LogP contribution is 2.39. The molecule has 5 nitrogen and oxygen atoms in total. The minimum Gasteiger partial charge on any atom is -0.450 e. The topological polar surface area (TPSA) is 86.6 Å². The van der Waals surface area contributed by atoms with Crippen molar-refractivity contribution >= 4 is 17.7 Å². The van der Waals surface area contributed by atoms with Crippen LogP contribution in [0.3, 0.4) is 0 Å². The summed E-state index contributed by atoms with van der Waals surface area (Å²) in [6.45, 7) is 4.95. The smallest absolute Gasteiger partial charge is 0.450 e. The molecule has 9 heteroatoms. The fraction of sp³-hybridized carbons (Fsp3) is 0.440. The first kappa shape index (κ1) is 27.1. The van der Waals surface area contributed by atoms with Gasteiger partial charge < -0.3 is 15.5 Å². The average molecular weight is 484 g/mol. The molecule has 0 heterocycles. The number of hydrogen-bond donors (Lipinski definition) is 3. The van der Waals surface area contributed by atoms with E-state index in [-0.39, 0.29) is 17.2 Å². The van der Waals surface area contributed by atoms with Gasteiger partial charge in [-0.1, -0.05) is 51.1 Å². The third kappa shape index (κ3) is 8.04. The van der Waals surface area contributed by atoms with Crippen molar-refractivity contribution in [2.75, 3.05) is 5.32 Å². The van der Waals surface area contributed by atoms with Gasteiger partial charge in [0.2, 0.25) is 5.91 Å². The molecule has 0 aliphatic heterocycles. The molecule has 1 aliphatic carbocycles. The van der Waals surface area contributed by atoms with E-state index in [1.54, 1.807) is 30.3 Å². The molecule has 2 aromatic carbocycles. The summed E-state index contributed by atoms with van der Waals surface area (Å²) in [5, 5.41) is 16.4. The number of carbonyl (C=O) groups excluding carboxylic acids is 1. The molecule has 186 valence electrons. The third-order valence-electron chi connectivity index (χ3n) is 5.77. The molecule has 3 N–H and O–H groups in total. The highest BCUT2D eigenvalue weighted by Gasteiger charge is 2.45. The lowest BCUT2D eigenvalue weighted by molar-refractivity contribution is -0.178. The Labute approximate surface area is 195 Å². The minimum atomic E-state index is -4.56. The summed E-state index contributed by atoms with van der Waals surface area (Å²) < 4.78 is 54.9. The SMILES string of the molecule is CC(C)c1ccc([C@@H](C(=O)Nc2cc(CC3CC3)ccc2F)[C@@H](C)C(F)(F)F)cc1.O=C(O)O. The highest BCUT2D eigenvalue weighted by molar-refractivity contribution is 5.96. The van der Waals surface area contributed by atoms with Gasteiger partial charge in [-0.15, -0.1) is 0 Å². The zero-order valence-corrected chi connectivity index (χ0v) is 19.2. The number of alkyl halides is 3. The zero-order valence-electron chi connectivity index (χ0n) is 19.2. The van der Waals surface area contributed by atoms with Gasteiger partial charge in [-0.25, -0.2) is 9.18 Å². The maximum atomic E-state index is 14.3. The van der Waals surface area contributed by atoms with Gasteiger partial charge in [0.25, 0.3) is 0 Å². The summed E-state index contributed by atoms with van der Waals surface area (Å²) in [6, 6.07) is 11.0. The fourth-order valence-corrected chi connectivity index (χ4v) is 3.61. The summed E-state index contributed by atoms with van der Waals surface area (Å²) in [4.78, 5) is 21.5. The Morgan fingerprint density at radius 2 is 1.53 bits per heavy atom. The van der Waals surface area contributed by atoms with Crippen molar-refractivity contribution in [2.45, 2.75) is 58.0 Å². The molecule has 34 heavy (non-hydrogen) atoms. The maximum Gasteiger partial charge on any atom is 0.503 e. The number of rotatable bonds is 7. The molecule has 1 fully saturated rings. The number of benzene rings is 2. The molecule has 0 bridgehead atoms. The predicted molar refractivity (Wildman–Crippen MR) is 121 cm³/mol. The summed E-state index contributed by atoms with van der Waals surface area (Å²) >= 11 is 0. The molecule has 3 rings (SSSR count). The van der Waals surface area contributed by atoms with Crippen molar-refractivity contribution in [3.05, 3.63) is 65.0 Å². The van der Waals surface area contributed by atoms with E-state index in [1.807, 2.05) is 13.8 Å². The average Bonchev–Trinajstić information content (AvgIpc) is 3.54. The van der Waals surface area contributed by atoms with E-state index in [9.17, 15) is 22.4 Å². The van der Waals surface area contributed by atoms with Crippen LogP contribution in [0.1, 0.15) is 62.1 Å². The van der Waals surface area contributed by atoms with Crippen LogP contribution in [0, 0.1) is 17.7 Å². The van der Waals surface area contributed by atoms with Crippen LogP contribution in [0.25, 0.3) is 0 Å². The van der Waals surface area contributed by atoms with Gasteiger partial charge >= 0.3 is 12.3 Å². The molecule has 0 spiro atoms. The van der Waals surface area contributed by atoms with E-state index in [0.29, 0.717) is 5.92 Å². The number of anilines is 1. The number of halogens is 4. The van der Waals surface area contributed by atoms with Gasteiger partial charge in [0.1, 0.15) is 5.82 Å². The summed E-state index contributed by atoms with van der Waals surface area (Å²) in [5.41, 5.74) is 2.03. The Morgan fingerprint density at radius 3 is 2.00 bits per heavy atom. The molecule has 2 aromatic rings. The Kier molecular flexibility index (Phi) is 9.06. The van der Waals surface area contributed by atoms with Crippen LogP contribution < -0.4 is 5.32 Å². The monoisotopic (exact) mass is 483 g/mol. The molecule has 0 unspecified atom stereocenters. The van der Waals surface area contributed by atoms with Crippen molar-refractivity contribution in [1.29, 1.82) is 0 Å². The number of carbonyl (C=O) groups is 2. The molecule has 0 radical (unpaired) electrons. The van der Waals surface area contributed by atoms with Gasteiger partial charge in [0.15, 0.2) is 0 Å². The Hall–Kier alpha value is -3.10. The Balaban J connectivity index is 0.000000945. The van der Waals surface area contributed by atoms with Crippen molar-refractivity contribution in [3.63, 3.8) is 0 Å². The normalized spacial score (nSPS) is 15.2. The van der Waals surface area contributed by atoms with Crippen molar-refractivity contribution in [3.8, 4) is 0 Å². The molecule has 1 aliphatic rings. The van der Waals surface area contributed by atoms with Gasteiger partial charge in [0.05, 0.1) is 17.5 Å². The van der Waals surface area contributed by atoms with Gasteiger partial charge in [0, 0.05) is 0 Å². The van der Waals surface area contributed by atoms with Crippen LogP contribution in [0.2, 0.25) is 0 Å². The minimum absolute atomic E-state index is 0.0728. The molecular formula is C25H29F4NO4. The third-order valence-corrected chi connectivity index (χ3v) is 5.77. The molecule has 1 saturated carbocycles. The lowest BCUT2D eigenvalue weighted by atomic mass is 9.85. The van der Waals surface area contributed by atoms with E-state index in [1.165, 1.54) is 12.1 Å². The highest BCUT2D eigenvalue weighted by atomic mass is 19.4. The van der Waals surface area contributed by atoms with Crippen LogP contribution in [-0.2, 0) is 11.2 Å². The van der Waals surface area contributed by atoms with Crippen LogP contribution in [0.4, 0.5) is 28.0 Å². The van der Waals surface area contributed by atoms with Crippen molar-refractivity contribution in [2.24, 2.45) is 11.8 Å². The summed E-state index contributed by atoms with van der Waals surface area (Å²) in [7, 11) is 0. The van der Waals surface area contributed by atoms with Crippen molar-refractivity contribution in [1.82, 2.24) is 0 Å². The zero-order chi connectivity index (χ0) is 25.6. The van der Waals surface area contributed by atoms with E-state index in [4.69, 9.17) is 15.0 Å². The van der Waals surface area contributed by atoms with E-state index in [2.05, 4.69) is 5.32 Å². The second kappa shape index (κ2) is 11.4. The van der Waals surface area contributed by atoms with Gasteiger partial charge in [-0.3, -0.25) is 4.79 Å². The Bertz CT molecular complexity index is 981. The van der Waals surface area contributed by atoms with Crippen molar-refractivity contribution < 1.29 is 37.4 Å². The van der Waals surface area contributed by atoms with E-state index in [0.717, 1.165) is 37.3 Å². The first-order valence-corrected chi connectivity index (χ1v) is 11.0. The molecule has 0 saturated heterocycles. The number of carboxylic acid groups (broad SMARTS) is 2. The summed E-state index contributed by atoms with van der Waals surface area (Å²) in [5.74, 6) is -4.12. The molecule has 1 amide bonds. The second-order valence-corrected chi connectivity index (χ2v) is 8.86. The first-order chi connectivity index (χ1) is 15.8. The molecule has 2 atom stereocenters. The summed E-state index contributed by atoms with van der Waals surface area (Å²) in [6.07, 6.45) is -3.37. The lowest BCUT2D eigenvalue weighted by Crippen LogP contribution is -2.34. The maximum absolute atomic E-state index is 14.3. The fourth-order valence-electron chi connectivity index (χ4n) is 3.61. The lowest BCUT2D eigenvalue weighted by Gasteiger charge is -2.26. The predicted octanol–water partition coefficient (Wildman–Crippen LogP) is 7.04.